The molecule has 1 atom stereocenters. The molecule has 0 spiro atoms. The van der Waals surface area contributed by atoms with Crippen LogP contribution in [0.25, 0.3) is 0 Å². The minimum Gasteiger partial charge on any atom is -0.321 e. The summed E-state index contributed by atoms with van der Waals surface area (Å²) in [4.78, 5) is 0. The summed E-state index contributed by atoms with van der Waals surface area (Å²) in [5.74, 6) is 1.86. The van der Waals surface area contributed by atoms with Crippen molar-refractivity contribution in [2.24, 2.45) is 5.73 Å². The first-order valence-corrected chi connectivity index (χ1v) is 5.24. The highest BCUT2D eigenvalue weighted by Gasteiger charge is 2.16. The van der Waals surface area contributed by atoms with Crippen LogP contribution in [0.4, 0.5) is 0 Å². The van der Waals surface area contributed by atoms with Crippen molar-refractivity contribution in [2.75, 3.05) is 0 Å². The Kier molecular flexibility index (Phi) is 3.63. The van der Waals surface area contributed by atoms with Gasteiger partial charge in [0.05, 0.1) is 6.04 Å². The van der Waals surface area contributed by atoms with Gasteiger partial charge in [-0.3, -0.25) is 0 Å². The molecule has 0 saturated heterocycles. The van der Waals surface area contributed by atoms with Crippen LogP contribution in [0.5, 0.6) is 0 Å². The number of hydrogen-bond donors (Lipinski definition) is 1. The van der Waals surface area contributed by atoms with Gasteiger partial charge in [-0.1, -0.05) is 13.3 Å². The minimum absolute atomic E-state index is 0.0172. The van der Waals surface area contributed by atoms with Crippen molar-refractivity contribution < 1.29 is 0 Å². The molecule has 0 aliphatic carbocycles. The van der Waals surface area contributed by atoms with E-state index in [1.54, 1.807) is 0 Å². The molecule has 4 nitrogen and oxygen atoms in total. The molecule has 1 aromatic rings. The van der Waals surface area contributed by atoms with Gasteiger partial charge in [0.2, 0.25) is 0 Å². The lowest BCUT2D eigenvalue weighted by Gasteiger charge is -2.16. The smallest absolute Gasteiger partial charge is 0.150 e. The summed E-state index contributed by atoms with van der Waals surface area (Å²) in [6.45, 7) is 8.34. The number of rotatable bonds is 4. The largest absolute Gasteiger partial charge is 0.321 e. The lowest BCUT2D eigenvalue weighted by Crippen LogP contribution is -2.18. The summed E-state index contributed by atoms with van der Waals surface area (Å²) in [5.41, 5.74) is 6.03. The predicted molar refractivity (Wildman–Crippen MR) is 57.0 cm³/mol. The zero-order valence-electron chi connectivity index (χ0n) is 9.49. The molecular formula is C10H20N4. The molecule has 0 aliphatic rings. The van der Waals surface area contributed by atoms with Crippen LogP contribution in [0, 0.1) is 6.92 Å². The summed E-state index contributed by atoms with van der Waals surface area (Å²) in [6.07, 6.45) is 2.04. The molecule has 4 heteroatoms. The van der Waals surface area contributed by atoms with Crippen molar-refractivity contribution >= 4 is 0 Å². The molecule has 0 bridgehead atoms. The summed E-state index contributed by atoms with van der Waals surface area (Å²) in [7, 11) is 0. The highest BCUT2D eigenvalue weighted by Crippen LogP contribution is 2.18. The van der Waals surface area contributed by atoms with Gasteiger partial charge in [-0.05, 0) is 27.2 Å². The fourth-order valence-corrected chi connectivity index (χ4v) is 1.72. The molecule has 0 aliphatic heterocycles. The van der Waals surface area contributed by atoms with Gasteiger partial charge < -0.3 is 10.3 Å². The van der Waals surface area contributed by atoms with Crippen LogP contribution in [0.2, 0.25) is 0 Å². The summed E-state index contributed by atoms with van der Waals surface area (Å²) in [6, 6.07) is 0.395. The maximum Gasteiger partial charge on any atom is 0.150 e. The monoisotopic (exact) mass is 196 g/mol. The minimum atomic E-state index is 0.0172. The fourth-order valence-electron chi connectivity index (χ4n) is 1.72. The normalized spacial score (nSPS) is 13.6. The Hall–Kier alpha value is -0.900. The van der Waals surface area contributed by atoms with E-state index in [9.17, 15) is 0 Å². The Morgan fingerprint density at radius 3 is 2.50 bits per heavy atom. The second-order valence-corrected chi connectivity index (χ2v) is 3.96. The molecule has 1 heterocycles. The zero-order chi connectivity index (χ0) is 10.7. The van der Waals surface area contributed by atoms with E-state index in [1.807, 2.05) is 6.92 Å². The first-order valence-electron chi connectivity index (χ1n) is 5.24. The van der Waals surface area contributed by atoms with E-state index in [-0.39, 0.29) is 6.04 Å². The Labute approximate surface area is 85.5 Å². The molecule has 1 aromatic heterocycles. The van der Waals surface area contributed by atoms with E-state index in [0.29, 0.717) is 6.04 Å². The van der Waals surface area contributed by atoms with Crippen molar-refractivity contribution in [2.45, 2.75) is 52.6 Å². The predicted octanol–water partition coefficient (Wildman–Crippen LogP) is 1.97. The van der Waals surface area contributed by atoms with Gasteiger partial charge in [0.15, 0.2) is 0 Å². The van der Waals surface area contributed by atoms with Crippen molar-refractivity contribution in [3.63, 3.8) is 0 Å². The molecule has 0 saturated carbocycles. The molecule has 0 amide bonds. The molecule has 1 rings (SSSR count). The van der Waals surface area contributed by atoms with Gasteiger partial charge in [-0.15, -0.1) is 10.2 Å². The first-order chi connectivity index (χ1) is 6.57. The number of nitrogens with zero attached hydrogens (tertiary/aromatic N) is 3. The maximum atomic E-state index is 6.03. The Bertz CT molecular complexity index is 290. The van der Waals surface area contributed by atoms with E-state index in [2.05, 4.69) is 35.5 Å². The highest BCUT2D eigenvalue weighted by molar-refractivity contribution is 5.00. The SMILES string of the molecule is CCC[C@H](N)c1nnc(C)n1C(C)C. The first kappa shape index (κ1) is 11.2. The molecule has 14 heavy (non-hydrogen) atoms. The van der Waals surface area contributed by atoms with Gasteiger partial charge in [0.25, 0.3) is 0 Å². The second kappa shape index (κ2) is 4.55. The molecular weight excluding hydrogens is 176 g/mol. The van der Waals surface area contributed by atoms with E-state index >= 15 is 0 Å². The van der Waals surface area contributed by atoms with Gasteiger partial charge >= 0.3 is 0 Å². The van der Waals surface area contributed by atoms with E-state index in [4.69, 9.17) is 5.73 Å². The zero-order valence-corrected chi connectivity index (χ0v) is 9.49. The van der Waals surface area contributed by atoms with Crippen LogP contribution in [0.3, 0.4) is 0 Å². The molecule has 0 radical (unpaired) electrons. The summed E-state index contributed by atoms with van der Waals surface area (Å²) >= 11 is 0. The van der Waals surface area contributed by atoms with E-state index < -0.39 is 0 Å². The van der Waals surface area contributed by atoms with Gasteiger partial charge in [-0.2, -0.15) is 0 Å². The lowest BCUT2D eigenvalue weighted by atomic mass is 10.1. The second-order valence-electron chi connectivity index (χ2n) is 3.96. The molecule has 0 aromatic carbocycles. The van der Waals surface area contributed by atoms with E-state index in [1.165, 1.54) is 0 Å². The topological polar surface area (TPSA) is 56.7 Å². The molecule has 0 fully saturated rings. The molecule has 2 N–H and O–H groups in total. The maximum absolute atomic E-state index is 6.03. The number of hydrogen-bond acceptors (Lipinski definition) is 3. The number of aryl methyl sites for hydroxylation is 1. The van der Waals surface area contributed by atoms with Crippen LogP contribution in [0.1, 0.15) is 57.3 Å². The summed E-state index contributed by atoms with van der Waals surface area (Å²) < 4.78 is 2.11. The summed E-state index contributed by atoms with van der Waals surface area (Å²) in [5, 5.41) is 8.22. The van der Waals surface area contributed by atoms with E-state index in [0.717, 1.165) is 24.5 Å². The third kappa shape index (κ3) is 2.12. The standard InChI is InChI=1S/C10H20N4/c1-5-6-9(11)10-13-12-8(4)14(10)7(2)3/h7,9H,5-6,11H2,1-4H3/t9-/m0/s1. The van der Waals surface area contributed by atoms with Gasteiger partial charge in [0, 0.05) is 6.04 Å². The van der Waals surface area contributed by atoms with Crippen LogP contribution < -0.4 is 5.73 Å². The number of nitrogens with two attached hydrogens (primary N) is 1. The lowest BCUT2D eigenvalue weighted by molar-refractivity contribution is 0.502. The van der Waals surface area contributed by atoms with Crippen LogP contribution >= 0.6 is 0 Å². The highest BCUT2D eigenvalue weighted by atomic mass is 15.3. The van der Waals surface area contributed by atoms with Crippen molar-refractivity contribution in [3.05, 3.63) is 11.6 Å². The fraction of sp³-hybridized carbons (Fsp3) is 0.800. The van der Waals surface area contributed by atoms with Crippen LogP contribution in [0.15, 0.2) is 0 Å². The number of aromatic nitrogens is 3. The Morgan fingerprint density at radius 1 is 1.36 bits per heavy atom. The Balaban J connectivity index is 2.96. The van der Waals surface area contributed by atoms with Crippen molar-refractivity contribution in [1.29, 1.82) is 0 Å². The van der Waals surface area contributed by atoms with Crippen LogP contribution in [-0.2, 0) is 0 Å². The van der Waals surface area contributed by atoms with Crippen LogP contribution in [-0.4, -0.2) is 14.8 Å². The molecule has 80 valence electrons. The Morgan fingerprint density at radius 2 is 2.00 bits per heavy atom. The average Bonchev–Trinajstić information content (AvgIpc) is 2.47. The average molecular weight is 196 g/mol. The quantitative estimate of drug-likeness (QED) is 0.801. The van der Waals surface area contributed by atoms with Gasteiger partial charge in [0.1, 0.15) is 11.6 Å². The van der Waals surface area contributed by atoms with Crippen molar-refractivity contribution in [1.82, 2.24) is 14.8 Å². The third-order valence-corrected chi connectivity index (χ3v) is 2.34. The van der Waals surface area contributed by atoms with Gasteiger partial charge in [-0.25, -0.2) is 0 Å². The van der Waals surface area contributed by atoms with Crippen molar-refractivity contribution in [3.8, 4) is 0 Å². The third-order valence-electron chi connectivity index (χ3n) is 2.34. The molecule has 0 unspecified atom stereocenters.